The minimum Gasteiger partial charge on any atom is -0.256 e. The standard InChI is InChI=1S/C16H17FN2O4Si/c1-24(14-8-4-2-5-9-14,15-10-6-3-7-11-15)13-12-16(17,18(20)21)19(22)23/h2-11H,12-13H2,1H3. The Morgan fingerprint density at radius 2 is 1.29 bits per heavy atom. The molecule has 0 spiro atoms. The van der Waals surface area contributed by atoms with E-state index < -0.39 is 30.3 Å². The van der Waals surface area contributed by atoms with Gasteiger partial charge in [-0.2, -0.15) is 0 Å². The van der Waals surface area contributed by atoms with E-state index in [-0.39, 0.29) is 6.04 Å². The fourth-order valence-corrected chi connectivity index (χ4v) is 6.31. The van der Waals surface area contributed by atoms with Gasteiger partial charge >= 0.3 is 5.92 Å². The third kappa shape index (κ3) is 3.33. The molecule has 2 aromatic rings. The van der Waals surface area contributed by atoms with Crippen LogP contribution in [0, 0.1) is 20.2 Å². The van der Waals surface area contributed by atoms with E-state index >= 15 is 0 Å². The van der Waals surface area contributed by atoms with Gasteiger partial charge in [-0.3, -0.25) is 20.2 Å². The maximum Gasteiger partial charge on any atom is 0.613 e. The molecule has 8 heteroatoms. The van der Waals surface area contributed by atoms with Crippen LogP contribution in [0.15, 0.2) is 60.7 Å². The van der Waals surface area contributed by atoms with Gasteiger partial charge in [-0.1, -0.05) is 82.0 Å². The molecule has 0 saturated heterocycles. The molecule has 0 saturated carbocycles. The Labute approximate surface area is 139 Å². The Balaban J connectivity index is 2.42. The van der Waals surface area contributed by atoms with Gasteiger partial charge in [0, 0.05) is 0 Å². The van der Waals surface area contributed by atoms with Crippen LogP contribution in [0.1, 0.15) is 6.42 Å². The molecule has 0 aliphatic carbocycles. The zero-order valence-electron chi connectivity index (χ0n) is 13.1. The molecule has 2 aromatic carbocycles. The summed E-state index contributed by atoms with van der Waals surface area (Å²) in [5, 5.41) is 23.6. The number of hydrogen-bond donors (Lipinski definition) is 0. The van der Waals surface area contributed by atoms with Gasteiger partial charge in [0.2, 0.25) is 0 Å². The van der Waals surface area contributed by atoms with Crippen LogP contribution in [0.25, 0.3) is 0 Å². The topological polar surface area (TPSA) is 86.3 Å². The van der Waals surface area contributed by atoms with Gasteiger partial charge in [0.05, 0.1) is 0 Å². The third-order valence-electron chi connectivity index (χ3n) is 4.32. The van der Waals surface area contributed by atoms with Crippen molar-refractivity contribution in [2.75, 3.05) is 0 Å². The highest BCUT2D eigenvalue weighted by atomic mass is 28.3. The molecule has 2 rings (SSSR count). The van der Waals surface area contributed by atoms with E-state index in [0.717, 1.165) is 10.4 Å². The Kier molecular flexibility index (Phi) is 5.08. The van der Waals surface area contributed by atoms with E-state index in [1.54, 1.807) is 0 Å². The van der Waals surface area contributed by atoms with Crippen molar-refractivity contribution in [2.24, 2.45) is 0 Å². The summed E-state index contributed by atoms with van der Waals surface area (Å²) in [6.45, 7) is 1.94. The summed E-state index contributed by atoms with van der Waals surface area (Å²) >= 11 is 0. The maximum atomic E-state index is 14.2. The minimum absolute atomic E-state index is 0.0550. The van der Waals surface area contributed by atoms with Gasteiger partial charge in [-0.15, -0.1) is 0 Å². The van der Waals surface area contributed by atoms with Crippen LogP contribution in [-0.2, 0) is 0 Å². The molecule has 24 heavy (non-hydrogen) atoms. The summed E-state index contributed by atoms with van der Waals surface area (Å²) in [6.07, 6.45) is -0.764. The average Bonchev–Trinajstić information content (AvgIpc) is 2.60. The van der Waals surface area contributed by atoms with Crippen molar-refractivity contribution in [3.8, 4) is 0 Å². The number of hydrogen-bond acceptors (Lipinski definition) is 4. The van der Waals surface area contributed by atoms with Crippen LogP contribution in [0.2, 0.25) is 12.6 Å². The molecule has 0 N–H and O–H groups in total. The van der Waals surface area contributed by atoms with Gasteiger partial charge in [0.1, 0.15) is 24.3 Å². The second-order valence-electron chi connectivity index (χ2n) is 5.80. The Bertz CT molecular complexity index is 674. The van der Waals surface area contributed by atoms with Crippen molar-refractivity contribution in [1.82, 2.24) is 0 Å². The molecule has 0 aromatic heterocycles. The number of benzene rings is 2. The second-order valence-corrected chi connectivity index (χ2v) is 10.1. The highest BCUT2D eigenvalue weighted by Crippen LogP contribution is 2.25. The zero-order chi connectivity index (χ0) is 17.8. The molecule has 0 amide bonds. The van der Waals surface area contributed by atoms with Crippen LogP contribution in [0.4, 0.5) is 4.39 Å². The van der Waals surface area contributed by atoms with Crippen molar-refractivity contribution in [3.63, 3.8) is 0 Å². The number of nitro groups is 2. The van der Waals surface area contributed by atoms with Crippen molar-refractivity contribution in [2.45, 2.75) is 24.9 Å². The first-order chi connectivity index (χ1) is 11.3. The molecule has 0 bridgehead atoms. The van der Waals surface area contributed by atoms with E-state index in [1.165, 1.54) is 0 Å². The molecule has 0 fully saturated rings. The van der Waals surface area contributed by atoms with Crippen LogP contribution >= 0.6 is 0 Å². The number of alkyl halides is 1. The maximum absolute atomic E-state index is 14.2. The van der Waals surface area contributed by atoms with Gasteiger partial charge < -0.3 is 0 Å². The summed E-state index contributed by atoms with van der Waals surface area (Å²) in [5.74, 6) is -3.65. The van der Waals surface area contributed by atoms with Crippen molar-refractivity contribution >= 4 is 18.4 Å². The molecule has 126 valence electrons. The summed E-state index contributed by atoms with van der Waals surface area (Å²) in [5.41, 5.74) is 0. The fourth-order valence-electron chi connectivity index (χ4n) is 2.73. The van der Waals surface area contributed by atoms with Gasteiger partial charge in [0.15, 0.2) is 0 Å². The Hall–Kier alpha value is -2.61. The predicted octanol–water partition coefficient (Wildman–Crippen LogP) is 2.45. The average molecular weight is 348 g/mol. The summed E-state index contributed by atoms with van der Waals surface area (Å²) in [6, 6.07) is 18.7. The molecular weight excluding hydrogens is 331 g/mol. The summed E-state index contributed by atoms with van der Waals surface area (Å²) in [4.78, 5) is 18.8. The molecule has 0 atom stereocenters. The van der Waals surface area contributed by atoms with Gasteiger partial charge in [-0.25, -0.2) is 0 Å². The smallest absolute Gasteiger partial charge is 0.256 e. The van der Waals surface area contributed by atoms with Crippen molar-refractivity contribution < 1.29 is 14.2 Å². The summed E-state index contributed by atoms with van der Waals surface area (Å²) < 4.78 is 14.2. The highest BCUT2D eigenvalue weighted by Gasteiger charge is 2.58. The van der Waals surface area contributed by atoms with Crippen LogP contribution in [0.5, 0.6) is 0 Å². The monoisotopic (exact) mass is 348 g/mol. The van der Waals surface area contributed by atoms with Crippen LogP contribution < -0.4 is 10.4 Å². The lowest BCUT2D eigenvalue weighted by Gasteiger charge is -2.28. The predicted molar refractivity (Wildman–Crippen MR) is 91.0 cm³/mol. The minimum atomic E-state index is -3.65. The number of rotatable bonds is 7. The summed E-state index contributed by atoms with van der Waals surface area (Å²) in [7, 11) is -2.55. The molecule has 0 unspecified atom stereocenters. The van der Waals surface area contributed by atoms with E-state index in [0.29, 0.717) is 0 Å². The Morgan fingerprint density at radius 1 is 0.917 bits per heavy atom. The lowest BCUT2D eigenvalue weighted by atomic mass is 10.3. The van der Waals surface area contributed by atoms with Crippen molar-refractivity contribution in [1.29, 1.82) is 0 Å². The third-order valence-corrected chi connectivity index (χ3v) is 8.79. The fraction of sp³-hybridized carbons (Fsp3) is 0.250. The largest absolute Gasteiger partial charge is 0.613 e. The molecular formula is C16H17FN2O4Si. The normalized spacial score (nSPS) is 11.9. The Morgan fingerprint density at radius 3 is 1.62 bits per heavy atom. The second kappa shape index (κ2) is 6.87. The molecule has 6 nitrogen and oxygen atoms in total. The number of halogens is 1. The van der Waals surface area contributed by atoms with E-state index in [2.05, 4.69) is 0 Å². The lowest BCUT2D eigenvalue weighted by molar-refractivity contribution is -0.831. The molecule has 0 aliphatic rings. The first-order valence-electron chi connectivity index (χ1n) is 7.39. The van der Waals surface area contributed by atoms with E-state index in [1.807, 2.05) is 67.2 Å². The van der Waals surface area contributed by atoms with Crippen LogP contribution in [0.3, 0.4) is 0 Å². The van der Waals surface area contributed by atoms with E-state index in [9.17, 15) is 24.6 Å². The molecule has 0 aliphatic heterocycles. The molecule has 0 radical (unpaired) electrons. The van der Waals surface area contributed by atoms with E-state index in [4.69, 9.17) is 0 Å². The quantitative estimate of drug-likeness (QED) is 0.253. The first kappa shape index (κ1) is 17.7. The first-order valence-corrected chi connectivity index (χ1v) is 10.1. The van der Waals surface area contributed by atoms with Gasteiger partial charge in [-0.05, 0) is 6.04 Å². The van der Waals surface area contributed by atoms with Crippen molar-refractivity contribution in [3.05, 3.63) is 80.9 Å². The SMILES string of the molecule is C[Si](CCC(F)([N+](=O)[O-])[N+](=O)[O-])(c1ccccc1)c1ccccc1. The van der Waals surface area contributed by atoms with Crippen LogP contribution in [-0.4, -0.2) is 23.8 Å². The number of nitrogens with zero attached hydrogens (tertiary/aromatic N) is 2. The zero-order valence-corrected chi connectivity index (χ0v) is 14.1. The molecule has 0 heterocycles. The highest BCUT2D eigenvalue weighted by molar-refractivity contribution is 7.01. The van der Waals surface area contributed by atoms with Gasteiger partial charge in [0.25, 0.3) is 0 Å². The lowest BCUT2D eigenvalue weighted by Crippen LogP contribution is -2.57.